The Bertz CT molecular complexity index is 542. The Morgan fingerprint density at radius 3 is 2.76 bits per heavy atom. The van der Waals surface area contributed by atoms with Crippen LogP contribution < -0.4 is 16.6 Å². The van der Waals surface area contributed by atoms with Gasteiger partial charge in [-0.05, 0) is 5.92 Å². The average molecular weight is 292 g/mol. The number of hydrogen-bond acceptors (Lipinski definition) is 8. The summed E-state index contributed by atoms with van der Waals surface area (Å²) in [6.45, 7) is 6.13. The Balaban J connectivity index is 1.97. The zero-order chi connectivity index (χ0) is 15.1. The number of nitrogens with zero attached hydrogens (tertiary/aromatic N) is 5. The van der Waals surface area contributed by atoms with E-state index in [9.17, 15) is 0 Å². The van der Waals surface area contributed by atoms with Gasteiger partial charge in [0.15, 0.2) is 0 Å². The molecule has 0 aliphatic heterocycles. The molecule has 0 fully saturated rings. The monoisotopic (exact) mass is 292 g/mol. The molecule has 0 saturated carbocycles. The zero-order valence-corrected chi connectivity index (χ0v) is 12.2. The van der Waals surface area contributed by atoms with Gasteiger partial charge in [-0.15, -0.1) is 0 Å². The summed E-state index contributed by atoms with van der Waals surface area (Å²) in [4.78, 5) is 16.5. The van der Waals surface area contributed by atoms with Crippen molar-refractivity contribution in [1.82, 2.24) is 24.5 Å². The summed E-state index contributed by atoms with van der Waals surface area (Å²) in [7, 11) is 0. The molecule has 2 aromatic heterocycles. The largest absolute Gasteiger partial charge is 0.379 e. The second-order valence-electron chi connectivity index (χ2n) is 4.79. The second kappa shape index (κ2) is 7.50. The Morgan fingerprint density at radius 2 is 2.10 bits per heavy atom. The molecule has 2 aromatic rings. The van der Waals surface area contributed by atoms with Crippen molar-refractivity contribution in [1.29, 1.82) is 0 Å². The summed E-state index contributed by atoms with van der Waals surface area (Å²) < 4.78 is 7.16. The summed E-state index contributed by atoms with van der Waals surface area (Å²) in [5.41, 5.74) is 2.42. The number of hydrogen-bond donors (Lipinski definition) is 3. The molecule has 2 rings (SSSR count). The summed E-state index contributed by atoms with van der Waals surface area (Å²) in [5, 5.41) is 3.08. The zero-order valence-electron chi connectivity index (χ0n) is 12.2. The maximum absolute atomic E-state index is 5.49. The maximum atomic E-state index is 5.49. The van der Waals surface area contributed by atoms with Gasteiger partial charge >= 0.3 is 0 Å². The Labute approximate surface area is 122 Å². The highest BCUT2D eigenvalue weighted by molar-refractivity contribution is 5.37. The van der Waals surface area contributed by atoms with Crippen LogP contribution in [-0.2, 0) is 4.74 Å². The number of hydrazine groups is 1. The van der Waals surface area contributed by atoms with Crippen LogP contribution in [0, 0.1) is 5.92 Å². The first-order valence-corrected chi connectivity index (χ1v) is 6.71. The number of anilines is 2. The molecule has 0 radical (unpaired) electrons. The van der Waals surface area contributed by atoms with Crippen molar-refractivity contribution in [2.45, 2.75) is 13.8 Å². The molecule has 0 aliphatic carbocycles. The second-order valence-corrected chi connectivity index (χ2v) is 4.79. The highest BCUT2D eigenvalue weighted by Crippen LogP contribution is 2.08. The summed E-state index contributed by atoms with van der Waals surface area (Å²) in [6, 6.07) is 0. The van der Waals surface area contributed by atoms with Gasteiger partial charge in [-0.25, -0.2) is 10.8 Å². The van der Waals surface area contributed by atoms with Crippen LogP contribution in [0.1, 0.15) is 13.8 Å². The first-order chi connectivity index (χ1) is 10.2. The summed E-state index contributed by atoms with van der Waals surface area (Å²) >= 11 is 0. The van der Waals surface area contributed by atoms with E-state index < -0.39 is 0 Å². The lowest BCUT2D eigenvalue weighted by Gasteiger charge is -2.10. The van der Waals surface area contributed by atoms with E-state index in [1.165, 1.54) is 0 Å². The molecule has 0 aliphatic rings. The van der Waals surface area contributed by atoms with Crippen LogP contribution in [0.2, 0.25) is 0 Å². The number of aromatic nitrogens is 5. The molecule has 0 unspecified atom stereocenters. The number of nitrogens with two attached hydrogens (primary N) is 1. The van der Waals surface area contributed by atoms with Gasteiger partial charge in [0, 0.05) is 25.5 Å². The lowest BCUT2D eigenvalue weighted by Crippen LogP contribution is -2.18. The molecule has 21 heavy (non-hydrogen) atoms. The molecule has 114 valence electrons. The number of nitrogen functional groups attached to an aromatic ring is 1. The number of nitrogens with one attached hydrogen (secondary N) is 2. The van der Waals surface area contributed by atoms with Gasteiger partial charge in [0.25, 0.3) is 0 Å². The number of imidazole rings is 1. The summed E-state index contributed by atoms with van der Waals surface area (Å²) in [5.74, 6) is 7.02. The summed E-state index contributed by atoms with van der Waals surface area (Å²) in [6.07, 6.45) is 4.99. The van der Waals surface area contributed by atoms with Gasteiger partial charge in [0.1, 0.15) is 6.33 Å². The van der Waals surface area contributed by atoms with Crippen LogP contribution in [0.25, 0.3) is 5.95 Å². The van der Waals surface area contributed by atoms with Crippen molar-refractivity contribution < 1.29 is 4.74 Å². The minimum absolute atomic E-state index is 0.277. The quantitative estimate of drug-likeness (QED) is 0.364. The fraction of sp³-hybridized carbons (Fsp3) is 0.500. The van der Waals surface area contributed by atoms with Crippen molar-refractivity contribution in [3.63, 3.8) is 0 Å². The third-order valence-electron chi connectivity index (χ3n) is 2.47. The van der Waals surface area contributed by atoms with Gasteiger partial charge in [0.2, 0.25) is 17.8 Å². The molecule has 0 amide bonds. The topological polar surface area (TPSA) is 116 Å². The van der Waals surface area contributed by atoms with Crippen LogP contribution >= 0.6 is 0 Å². The SMILES string of the molecule is CC(C)COCCNc1nc(NN)nc(-n2ccnc2)n1. The molecule has 0 spiro atoms. The Kier molecular flexibility index (Phi) is 5.41. The van der Waals surface area contributed by atoms with Gasteiger partial charge in [-0.2, -0.15) is 15.0 Å². The minimum atomic E-state index is 0.277. The molecule has 0 aromatic carbocycles. The first-order valence-electron chi connectivity index (χ1n) is 6.71. The third kappa shape index (κ3) is 4.65. The predicted molar refractivity (Wildman–Crippen MR) is 78.9 cm³/mol. The van der Waals surface area contributed by atoms with Crippen molar-refractivity contribution in [2.75, 3.05) is 30.5 Å². The maximum Gasteiger partial charge on any atom is 0.243 e. The van der Waals surface area contributed by atoms with Crippen LogP contribution in [0.3, 0.4) is 0 Å². The average Bonchev–Trinajstić information content (AvgIpc) is 3.00. The van der Waals surface area contributed by atoms with E-state index in [4.69, 9.17) is 10.6 Å². The van der Waals surface area contributed by atoms with E-state index in [1.807, 2.05) is 0 Å². The van der Waals surface area contributed by atoms with Gasteiger partial charge < -0.3 is 10.1 Å². The van der Waals surface area contributed by atoms with Crippen LogP contribution in [0.4, 0.5) is 11.9 Å². The van der Waals surface area contributed by atoms with E-state index >= 15 is 0 Å². The smallest absolute Gasteiger partial charge is 0.243 e. The minimum Gasteiger partial charge on any atom is -0.379 e. The van der Waals surface area contributed by atoms with E-state index in [-0.39, 0.29) is 5.95 Å². The Morgan fingerprint density at radius 1 is 1.29 bits per heavy atom. The molecule has 9 heteroatoms. The molecular formula is C12H20N8O. The molecule has 9 nitrogen and oxygen atoms in total. The molecule has 4 N–H and O–H groups in total. The van der Waals surface area contributed by atoms with E-state index in [0.29, 0.717) is 31.0 Å². The van der Waals surface area contributed by atoms with Crippen molar-refractivity contribution in [3.8, 4) is 5.95 Å². The first kappa shape index (κ1) is 15.1. The van der Waals surface area contributed by atoms with Crippen molar-refractivity contribution >= 4 is 11.9 Å². The predicted octanol–water partition coefficient (Wildman–Crippen LogP) is 0.427. The van der Waals surface area contributed by atoms with Gasteiger partial charge in [-0.1, -0.05) is 13.8 Å². The fourth-order valence-corrected chi connectivity index (χ4v) is 1.56. The van der Waals surface area contributed by atoms with Gasteiger partial charge in [-0.3, -0.25) is 9.99 Å². The number of rotatable bonds is 8. The lowest BCUT2D eigenvalue weighted by molar-refractivity contribution is 0.118. The van der Waals surface area contributed by atoms with Crippen LogP contribution in [0.5, 0.6) is 0 Å². The lowest BCUT2D eigenvalue weighted by atomic mass is 10.2. The van der Waals surface area contributed by atoms with Crippen LogP contribution in [0.15, 0.2) is 18.7 Å². The Hall–Kier alpha value is -2.26. The van der Waals surface area contributed by atoms with Gasteiger partial charge in [0.05, 0.1) is 6.61 Å². The van der Waals surface area contributed by atoms with E-state index in [0.717, 1.165) is 6.61 Å². The highest BCUT2D eigenvalue weighted by Gasteiger charge is 2.07. The van der Waals surface area contributed by atoms with E-state index in [1.54, 1.807) is 23.3 Å². The van der Waals surface area contributed by atoms with Crippen molar-refractivity contribution in [3.05, 3.63) is 18.7 Å². The normalized spacial score (nSPS) is 10.9. The molecule has 2 heterocycles. The molecule has 0 saturated heterocycles. The molecule has 0 atom stereocenters. The molecular weight excluding hydrogens is 272 g/mol. The van der Waals surface area contributed by atoms with Crippen LogP contribution in [-0.4, -0.2) is 44.3 Å². The standard InChI is InChI=1S/C12H20N8O/c1-9(2)7-21-6-4-15-10-16-11(19-13)18-12(17-10)20-5-3-14-8-20/h3,5,8-9H,4,6-7,13H2,1-2H3,(H2,15,16,17,18,19). The fourth-order valence-electron chi connectivity index (χ4n) is 1.56. The highest BCUT2D eigenvalue weighted by atomic mass is 16.5. The number of ether oxygens (including phenoxy) is 1. The van der Waals surface area contributed by atoms with Crippen molar-refractivity contribution in [2.24, 2.45) is 11.8 Å². The van der Waals surface area contributed by atoms with E-state index in [2.05, 4.69) is 44.5 Å². The molecule has 0 bridgehead atoms. The third-order valence-corrected chi connectivity index (χ3v) is 2.47.